The van der Waals surface area contributed by atoms with Crippen LogP contribution in [0.1, 0.15) is 33.1 Å². The summed E-state index contributed by atoms with van der Waals surface area (Å²) in [6, 6.07) is 0.195. The zero-order valence-corrected chi connectivity index (χ0v) is 9.41. The minimum absolute atomic E-state index is 0.0530. The Morgan fingerprint density at radius 3 is 2.60 bits per heavy atom. The first-order valence-corrected chi connectivity index (χ1v) is 5.18. The molecule has 0 saturated carbocycles. The van der Waals surface area contributed by atoms with Crippen LogP contribution in [-0.2, 0) is 14.3 Å². The summed E-state index contributed by atoms with van der Waals surface area (Å²) in [7, 11) is 0. The van der Waals surface area contributed by atoms with Crippen LogP contribution in [-0.4, -0.2) is 31.1 Å². The molecular formula is C10H20N2O3. The van der Waals surface area contributed by atoms with Gasteiger partial charge in [-0.3, -0.25) is 9.59 Å². The second kappa shape index (κ2) is 8.23. The van der Waals surface area contributed by atoms with Crippen molar-refractivity contribution in [2.75, 3.05) is 13.2 Å². The van der Waals surface area contributed by atoms with E-state index in [1.807, 2.05) is 6.92 Å². The predicted molar refractivity (Wildman–Crippen MR) is 57.1 cm³/mol. The monoisotopic (exact) mass is 216 g/mol. The predicted octanol–water partition coefficient (Wildman–Crippen LogP) is 0.183. The van der Waals surface area contributed by atoms with Crippen molar-refractivity contribution in [1.29, 1.82) is 0 Å². The van der Waals surface area contributed by atoms with E-state index >= 15 is 0 Å². The van der Waals surface area contributed by atoms with Crippen molar-refractivity contribution in [1.82, 2.24) is 5.32 Å². The van der Waals surface area contributed by atoms with E-state index in [1.165, 1.54) is 6.92 Å². The summed E-state index contributed by atoms with van der Waals surface area (Å²) < 4.78 is 4.88. The molecule has 0 aliphatic heterocycles. The van der Waals surface area contributed by atoms with E-state index in [-0.39, 0.29) is 18.5 Å². The van der Waals surface area contributed by atoms with Gasteiger partial charge < -0.3 is 15.8 Å². The Morgan fingerprint density at radius 1 is 1.40 bits per heavy atom. The number of rotatable bonds is 7. The molecule has 88 valence electrons. The van der Waals surface area contributed by atoms with E-state index in [0.29, 0.717) is 6.61 Å². The highest BCUT2D eigenvalue weighted by atomic mass is 16.5. The first-order valence-electron chi connectivity index (χ1n) is 5.18. The van der Waals surface area contributed by atoms with Crippen molar-refractivity contribution in [2.45, 2.75) is 39.2 Å². The van der Waals surface area contributed by atoms with Gasteiger partial charge in [-0.05, 0) is 26.2 Å². The van der Waals surface area contributed by atoms with Crippen LogP contribution in [0.3, 0.4) is 0 Å². The van der Waals surface area contributed by atoms with Crippen LogP contribution >= 0.6 is 0 Å². The van der Waals surface area contributed by atoms with E-state index in [4.69, 9.17) is 10.5 Å². The van der Waals surface area contributed by atoms with Gasteiger partial charge in [-0.15, -0.1) is 0 Å². The summed E-state index contributed by atoms with van der Waals surface area (Å²) in [6.07, 6.45) is 2.70. The van der Waals surface area contributed by atoms with Gasteiger partial charge in [-0.2, -0.15) is 0 Å². The summed E-state index contributed by atoms with van der Waals surface area (Å²) in [5, 5.41) is 2.37. The lowest BCUT2D eigenvalue weighted by Crippen LogP contribution is -2.28. The fourth-order valence-electron chi connectivity index (χ4n) is 1.00. The van der Waals surface area contributed by atoms with E-state index in [2.05, 4.69) is 5.32 Å². The Morgan fingerprint density at radius 2 is 2.07 bits per heavy atom. The van der Waals surface area contributed by atoms with Gasteiger partial charge in [-0.1, -0.05) is 0 Å². The van der Waals surface area contributed by atoms with Crippen LogP contribution in [0.15, 0.2) is 0 Å². The van der Waals surface area contributed by atoms with Gasteiger partial charge in [0.25, 0.3) is 0 Å². The average molecular weight is 216 g/mol. The van der Waals surface area contributed by atoms with E-state index in [9.17, 15) is 9.59 Å². The standard InChI is InChI=1S/C10H20N2O3/c1-8(11)5-3-4-6-15-10(14)7-12-9(2)13/h8H,3-7,11H2,1-2H3,(H,12,13). The highest BCUT2D eigenvalue weighted by Gasteiger charge is 2.02. The molecule has 0 rings (SSSR count). The van der Waals surface area contributed by atoms with Crippen LogP contribution in [0.5, 0.6) is 0 Å². The number of hydrogen-bond acceptors (Lipinski definition) is 4. The molecule has 0 aliphatic carbocycles. The van der Waals surface area contributed by atoms with Gasteiger partial charge in [-0.25, -0.2) is 0 Å². The number of carbonyl (C=O) groups excluding carboxylic acids is 2. The zero-order chi connectivity index (χ0) is 11.7. The van der Waals surface area contributed by atoms with Crippen molar-refractivity contribution < 1.29 is 14.3 Å². The van der Waals surface area contributed by atoms with Gasteiger partial charge >= 0.3 is 5.97 Å². The topological polar surface area (TPSA) is 81.4 Å². The maximum absolute atomic E-state index is 11.0. The molecule has 0 aliphatic rings. The minimum atomic E-state index is -0.397. The van der Waals surface area contributed by atoms with Crippen molar-refractivity contribution >= 4 is 11.9 Å². The quantitative estimate of drug-likeness (QED) is 0.470. The average Bonchev–Trinajstić information content (AvgIpc) is 2.13. The summed E-state index contributed by atoms with van der Waals surface area (Å²) in [5.41, 5.74) is 5.56. The fraction of sp³-hybridized carbons (Fsp3) is 0.800. The molecule has 0 aromatic rings. The molecule has 0 radical (unpaired) electrons. The molecule has 0 fully saturated rings. The zero-order valence-electron chi connectivity index (χ0n) is 9.41. The van der Waals surface area contributed by atoms with E-state index in [0.717, 1.165) is 19.3 Å². The number of unbranched alkanes of at least 4 members (excludes halogenated alkanes) is 1. The SMILES string of the molecule is CC(=O)NCC(=O)OCCCCC(C)N. The molecule has 5 heteroatoms. The minimum Gasteiger partial charge on any atom is -0.464 e. The molecule has 3 N–H and O–H groups in total. The number of nitrogens with one attached hydrogen (secondary N) is 1. The molecule has 0 spiro atoms. The Hall–Kier alpha value is -1.10. The Bertz CT molecular complexity index is 205. The van der Waals surface area contributed by atoms with Crippen LogP contribution < -0.4 is 11.1 Å². The summed E-state index contributed by atoms with van der Waals surface area (Å²) >= 11 is 0. The largest absolute Gasteiger partial charge is 0.464 e. The number of ether oxygens (including phenoxy) is 1. The first kappa shape index (κ1) is 13.9. The van der Waals surface area contributed by atoms with Gasteiger partial charge in [0.1, 0.15) is 6.54 Å². The first-order chi connectivity index (χ1) is 7.02. The molecule has 0 aromatic heterocycles. The van der Waals surface area contributed by atoms with E-state index < -0.39 is 5.97 Å². The van der Waals surface area contributed by atoms with Crippen molar-refractivity contribution in [3.05, 3.63) is 0 Å². The van der Waals surface area contributed by atoms with Gasteiger partial charge in [0.2, 0.25) is 5.91 Å². The highest BCUT2D eigenvalue weighted by Crippen LogP contribution is 1.98. The molecule has 0 bridgehead atoms. The van der Waals surface area contributed by atoms with Crippen LogP contribution in [0.25, 0.3) is 0 Å². The molecule has 1 amide bonds. The smallest absolute Gasteiger partial charge is 0.325 e. The normalized spacial score (nSPS) is 11.9. The Labute approximate surface area is 90.4 Å². The maximum atomic E-state index is 11.0. The maximum Gasteiger partial charge on any atom is 0.325 e. The number of hydrogen-bond donors (Lipinski definition) is 2. The number of amides is 1. The number of carbonyl (C=O) groups is 2. The lowest BCUT2D eigenvalue weighted by Gasteiger charge is -2.06. The van der Waals surface area contributed by atoms with Gasteiger partial charge in [0.15, 0.2) is 0 Å². The second-order valence-corrected chi connectivity index (χ2v) is 3.60. The molecule has 5 nitrogen and oxygen atoms in total. The lowest BCUT2D eigenvalue weighted by atomic mass is 10.1. The molecular weight excluding hydrogens is 196 g/mol. The second-order valence-electron chi connectivity index (χ2n) is 3.60. The Balaban J connectivity index is 3.28. The molecule has 15 heavy (non-hydrogen) atoms. The molecule has 1 atom stereocenters. The third-order valence-electron chi connectivity index (χ3n) is 1.80. The summed E-state index contributed by atoms with van der Waals surface area (Å²) in [4.78, 5) is 21.4. The number of esters is 1. The molecule has 0 heterocycles. The van der Waals surface area contributed by atoms with Crippen LogP contribution in [0, 0.1) is 0 Å². The summed E-state index contributed by atoms with van der Waals surface area (Å²) in [6.45, 7) is 3.65. The molecule has 0 saturated heterocycles. The molecule has 0 aromatic carbocycles. The number of nitrogens with two attached hydrogens (primary N) is 1. The van der Waals surface area contributed by atoms with Gasteiger partial charge in [0, 0.05) is 13.0 Å². The summed E-state index contributed by atoms with van der Waals surface area (Å²) in [5.74, 6) is -0.630. The fourth-order valence-corrected chi connectivity index (χ4v) is 1.00. The van der Waals surface area contributed by atoms with Crippen molar-refractivity contribution in [3.8, 4) is 0 Å². The van der Waals surface area contributed by atoms with E-state index in [1.54, 1.807) is 0 Å². The van der Waals surface area contributed by atoms with Crippen LogP contribution in [0.4, 0.5) is 0 Å². The lowest BCUT2D eigenvalue weighted by molar-refractivity contribution is -0.143. The molecule has 1 unspecified atom stereocenters. The highest BCUT2D eigenvalue weighted by molar-refractivity contribution is 5.80. The third kappa shape index (κ3) is 10.8. The third-order valence-corrected chi connectivity index (χ3v) is 1.80. The van der Waals surface area contributed by atoms with Crippen molar-refractivity contribution in [2.24, 2.45) is 5.73 Å². The Kier molecular flexibility index (Phi) is 7.62. The van der Waals surface area contributed by atoms with Crippen molar-refractivity contribution in [3.63, 3.8) is 0 Å². The van der Waals surface area contributed by atoms with Gasteiger partial charge in [0.05, 0.1) is 6.61 Å². The van der Waals surface area contributed by atoms with Crippen LogP contribution in [0.2, 0.25) is 0 Å².